The van der Waals surface area contributed by atoms with Gasteiger partial charge in [-0.05, 0) is 39.0 Å². The summed E-state index contributed by atoms with van der Waals surface area (Å²) in [4.78, 5) is 11.9. The van der Waals surface area contributed by atoms with Gasteiger partial charge < -0.3 is 10.6 Å². The van der Waals surface area contributed by atoms with Crippen LogP contribution in [0.1, 0.15) is 61.3 Å². The van der Waals surface area contributed by atoms with Crippen LogP contribution >= 0.6 is 0 Å². The number of carbonyl (C=O) groups excluding carboxylic acids is 1. The smallest absolute Gasteiger partial charge is 0.263 e. The number of nitrogens with one attached hydrogen (secondary N) is 2. The lowest BCUT2D eigenvalue weighted by Crippen LogP contribution is -2.40. The summed E-state index contributed by atoms with van der Waals surface area (Å²) < 4.78 is 0. The molecule has 0 aromatic rings. The van der Waals surface area contributed by atoms with Gasteiger partial charge in [0.1, 0.15) is 11.6 Å². The van der Waals surface area contributed by atoms with Gasteiger partial charge in [0.25, 0.3) is 5.91 Å². The third kappa shape index (κ3) is 7.83. The molecule has 1 atom stereocenters. The Labute approximate surface area is 123 Å². The number of hydrogen-bond acceptors (Lipinski definition) is 3. The molecule has 2 N–H and O–H groups in total. The second kappa shape index (κ2) is 7.33. The van der Waals surface area contributed by atoms with E-state index in [1.807, 2.05) is 19.9 Å². The zero-order valence-electron chi connectivity index (χ0n) is 13.9. The van der Waals surface area contributed by atoms with E-state index in [-0.39, 0.29) is 28.5 Å². The molecule has 114 valence electrons. The van der Waals surface area contributed by atoms with Crippen LogP contribution in [0, 0.1) is 16.7 Å². The Morgan fingerprint density at radius 1 is 1.30 bits per heavy atom. The van der Waals surface area contributed by atoms with Crippen LogP contribution in [0.2, 0.25) is 0 Å². The van der Waals surface area contributed by atoms with Crippen LogP contribution < -0.4 is 10.6 Å². The zero-order valence-corrected chi connectivity index (χ0v) is 13.9. The largest absolute Gasteiger partial charge is 0.385 e. The van der Waals surface area contributed by atoms with Crippen LogP contribution in [0.5, 0.6) is 0 Å². The van der Waals surface area contributed by atoms with Gasteiger partial charge in [-0.3, -0.25) is 4.79 Å². The van der Waals surface area contributed by atoms with E-state index in [0.29, 0.717) is 0 Å². The van der Waals surface area contributed by atoms with Gasteiger partial charge in [0.15, 0.2) is 0 Å². The van der Waals surface area contributed by atoms with Gasteiger partial charge in [-0.2, -0.15) is 5.26 Å². The average molecular weight is 279 g/mol. The van der Waals surface area contributed by atoms with Crippen LogP contribution in [-0.2, 0) is 4.79 Å². The summed E-state index contributed by atoms with van der Waals surface area (Å²) in [5.41, 5.74) is 0.125. The van der Waals surface area contributed by atoms with E-state index in [4.69, 9.17) is 5.26 Å². The first-order chi connectivity index (χ1) is 9.00. The fourth-order valence-electron chi connectivity index (χ4n) is 2.20. The molecule has 0 saturated heterocycles. The maximum absolute atomic E-state index is 11.9. The second-order valence-electron chi connectivity index (χ2n) is 7.22. The fourth-order valence-corrected chi connectivity index (χ4v) is 2.20. The molecule has 1 amide bonds. The summed E-state index contributed by atoms with van der Waals surface area (Å²) in [7, 11) is 0. The SMILES string of the molecule is CCC(C)NC(=O)/C(C#N)=C\NC(C)(C)CC(C)(C)C. The highest BCUT2D eigenvalue weighted by atomic mass is 16.1. The number of hydrogen-bond donors (Lipinski definition) is 2. The quantitative estimate of drug-likeness (QED) is 0.580. The standard InChI is InChI=1S/C16H29N3O/c1-8-12(2)19-14(20)13(9-17)10-18-16(6,7)11-15(3,4)5/h10,12,18H,8,11H2,1-7H3,(H,19,20)/b13-10-. The number of amides is 1. The highest BCUT2D eigenvalue weighted by Gasteiger charge is 2.24. The van der Waals surface area contributed by atoms with Gasteiger partial charge in [0, 0.05) is 17.8 Å². The number of nitrogens with zero attached hydrogens (tertiary/aromatic N) is 1. The van der Waals surface area contributed by atoms with Gasteiger partial charge in [0.2, 0.25) is 0 Å². The molecule has 0 bridgehead atoms. The van der Waals surface area contributed by atoms with Gasteiger partial charge in [-0.15, -0.1) is 0 Å². The molecule has 0 radical (unpaired) electrons. The predicted molar refractivity (Wildman–Crippen MR) is 82.9 cm³/mol. The number of nitriles is 1. The molecule has 0 aliphatic heterocycles. The minimum absolute atomic E-state index is 0.0711. The highest BCUT2D eigenvalue weighted by Crippen LogP contribution is 2.26. The maximum atomic E-state index is 11.9. The minimum Gasteiger partial charge on any atom is -0.385 e. The molecule has 0 rings (SSSR count). The molecule has 4 nitrogen and oxygen atoms in total. The first kappa shape index (κ1) is 18.5. The molecule has 0 heterocycles. The highest BCUT2D eigenvalue weighted by molar-refractivity contribution is 5.97. The van der Waals surface area contributed by atoms with Crippen molar-refractivity contribution < 1.29 is 4.79 Å². The van der Waals surface area contributed by atoms with Crippen molar-refractivity contribution in [2.45, 2.75) is 72.9 Å². The van der Waals surface area contributed by atoms with E-state index in [0.717, 1.165) is 12.8 Å². The molecule has 0 fully saturated rings. The lowest BCUT2D eigenvalue weighted by Gasteiger charge is -2.33. The monoisotopic (exact) mass is 279 g/mol. The van der Waals surface area contributed by atoms with E-state index >= 15 is 0 Å². The Hall–Kier alpha value is -1.50. The molecule has 0 aromatic carbocycles. The number of rotatable bonds is 6. The van der Waals surface area contributed by atoms with E-state index in [1.54, 1.807) is 0 Å². The lowest BCUT2D eigenvalue weighted by atomic mass is 9.82. The van der Waals surface area contributed by atoms with E-state index in [1.165, 1.54) is 6.20 Å². The zero-order chi connectivity index (χ0) is 16.0. The topological polar surface area (TPSA) is 64.9 Å². The fraction of sp³-hybridized carbons (Fsp3) is 0.750. The molecule has 20 heavy (non-hydrogen) atoms. The summed E-state index contributed by atoms with van der Waals surface area (Å²) >= 11 is 0. The Bertz CT molecular complexity index is 397. The maximum Gasteiger partial charge on any atom is 0.263 e. The van der Waals surface area contributed by atoms with Crippen molar-refractivity contribution in [3.8, 4) is 6.07 Å². The van der Waals surface area contributed by atoms with E-state index < -0.39 is 0 Å². The first-order valence-electron chi connectivity index (χ1n) is 7.19. The Morgan fingerprint density at radius 2 is 1.85 bits per heavy atom. The van der Waals surface area contributed by atoms with Crippen molar-refractivity contribution in [1.29, 1.82) is 5.26 Å². The van der Waals surface area contributed by atoms with Crippen molar-refractivity contribution in [1.82, 2.24) is 10.6 Å². The third-order valence-corrected chi connectivity index (χ3v) is 2.93. The van der Waals surface area contributed by atoms with Crippen LogP contribution in [0.25, 0.3) is 0 Å². The van der Waals surface area contributed by atoms with E-state index in [2.05, 4.69) is 45.3 Å². The Balaban J connectivity index is 4.76. The van der Waals surface area contributed by atoms with Crippen LogP contribution in [0.15, 0.2) is 11.8 Å². The second-order valence-corrected chi connectivity index (χ2v) is 7.22. The minimum atomic E-state index is -0.319. The van der Waals surface area contributed by atoms with Crippen LogP contribution in [0.4, 0.5) is 0 Å². The molecule has 0 spiro atoms. The Morgan fingerprint density at radius 3 is 2.25 bits per heavy atom. The predicted octanol–water partition coefficient (Wildman–Crippen LogP) is 3.11. The molecule has 4 heteroatoms. The molecule has 0 saturated carbocycles. The van der Waals surface area contributed by atoms with Crippen molar-refractivity contribution in [3.63, 3.8) is 0 Å². The molecule has 1 unspecified atom stereocenters. The summed E-state index contributed by atoms with van der Waals surface area (Å²) in [5, 5.41) is 15.1. The van der Waals surface area contributed by atoms with Crippen molar-refractivity contribution >= 4 is 5.91 Å². The molecular formula is C16H29N3O. The number of carbonyl (C=O) groups is 1. The van der Waals surface area contributed by atoms with Gasteiger partial charge >= 0.3 is 0 Å². The van der Waals surface area contributed by atoms with E-state index in [9.17, 15) is 4.79 Å². The van der Waals surface area contributed by atoms with Crippen molar-refractivity contribution in [2.75, 3.05) is 0 Å². The van der Waals surface area contributed by atoms with Crippen LogP contribution in [0.3, 0.4) is 0 Å². The summed E-state index contributed by atoms with van der Waals surface area (Å²) in [5.74, 6) is -0.319. The molecule has 0 aliphatic carbocycles. The summed E-state index contributed by atoms with van der Waals surface area (Å²) in [6.07, 6.45) is 3.30. The summed E-state index contributed by atoms with van der Waals surface area (Å²) in [6, 6.07) is 2.02. The van der Waals surface area contributed by atoms with Gasteiger partial charge in [-0.1, -0.05) is 27.7 Å². The van der Waals surface area contributed by atoms with Crippen molar-refractivity contribution in [3.05, 3.63) is 11.8 Å². The molecule has 0 aliphatic rings. The summed E-state index contributed by atoms with van der Waals surface area (Å²) in [6.45, 7) is 14.5. The Kier molecular flexibility index (Phi) is 6.78. The molecule has 0 aromatic heterocycles. The third-order valence-electron chi connectivity index (χ3n) is 2.93. The van der Waals surface area contributed by atoms with Crippen molar-refractivity contribution in [2.24, 2.45) is 5.41 Å². The first-order valence-corrected chi connectivity index (χ1v) is 7.19. The average Bonchev–Trinajstić information content (AvgIpc) is 2.26. The normalized spacial score (nSPS) is 14.4. The van der Waals surface area contributed by atoms with Gasteiger partial charge in [-0.25, -0.2) is 0 Å². The molecular weight excluding hydrogens is 250 g/mol. The van der Waals surface area contributed by atoms with Crippen LogP contribution in [-0.4, -0.2) is 17.5 Å². The lowest BCUT2D eigenvalue weighted by molar-refractivity contribution is -0.117. The van der Waals surface area contributed by atoms with Gasteiger partial charge in [0.05, 0.1) is 0 Å².